The van der Waals surface area contributed by atoms with Gasteiger partial charge in [-0.3, -0.25) is 9.59 Å². The van der Waals surface area contributed by atoms with Crippen LogP contribution < -0.4 is 10.1 Å². The average Bonchev–Trinajstić information content (AvgIpc) is 2.88. The highest BCUT2D eigenvalue weighted by Crippen LogP contribution is 2.28. The van der Waals surface area contributed by atoms with Gasteiger partial charge in [-0.2, -0.15) is 0 Å². The summed E-state index contributed by atoms with van der Waals surface area (Å²) < 4.78 is 10.4. The molecule has 0 bridgehead atoms. The van der Waals surface area contributed by atoms with Gasteiger partial charge in [0.25, 0.3) is 0 Å². The van der Waals surface area contributed by atoms with Crippen molar-refractivity contribution in [2.45, 2.75) is 32.4 Å². The number of fused-ring (bicyclic) bond motifs is 1. The third-order valence-electron chi connectivity index (χ3n) is 5.72. The van der Waals surface area contributed by atoms with Crippen LogP contribution in [0, 0.1) is 0 Å². The summed E-state index contributed by atoms with van der Waals surface area (Å²) in [5, 5.41) is 13.5. The van der Waals surface area contributed by atoms with E-state index in [2.05, 4.69) is 5.32 Å². The number of unbranched alkanes of at least 4 members (excludes halogenated alkanes) is 1. The lowest BCUT2D eigenvalue weighted by molar-refractivity contribution is -0.143. The van der Waals surface area contributed by atoms with Gasteiger partial charge in [0.1, 0.15) is 18.4 Å². The molecule has 8 heteroatoms. The summed E-state index contributed by atoms with van der Waals surface area (Å²) in [6.45, 7) is 2.24. The number of methoxy groups -OCH3 is 1. The van der Waals surface area contributed by atoms with Gasteiger partial charge in [-0.25, -0.2) is 4.79 Å². The second-order valence-electron chi connectivity index (χ2n) is 8.43. The fourth-order valence-corrected chi connectivity index (χ4v) is 3.93. The summed E-state index contributed by atoms with van der Waals surface area (Å²) in [5.41, 5.74) is 1.63. The second-order valence-corrected chi connectivity index (χ2v) is 8.43. The summed E-state index contributed by atoms with van der Waals surface area (Å²) >= 11 is 0. The smallest absolute Gasteiger partial charge is 0.341 e. The number of aliphatic carboxylic acids is 1. The number of hydrogen-bond acceptors (Lipinski definition) is 5. The van der Waals surface area contributed by atoms with Crippen molar-refractivity contribution < 1.29 is 29.0 Å². The highest BCUT2D eigenvalue weighted by atomic mass is 16.5. The molecule has 8 nitrogen and oxygen atoms in total. The largest absolute Gasteiger partial charge is 0.482 e. The van der Waals surface area contributed by atoms with E-state index in [1.54, 1.807) is 17.0 Å². The molecule has 3 aromatic carbocycles. The summed E-state index contributed by atoms with van der Waals surface area (Å²) in [7, 11) is 1.46. The standard InChI is InChI=1S/C28H32N2O6/c1-3-4-14-30(25(31)18-35-2)27(28(34)29-17-20-8-6-5-7-9-20)23-11-10-22-16-24(36-19-26(32)33)13-12-21(22)15-23/h5-13,15-16,27H,3-4,14,17-19H2,1-2H3,(H,29,34)(H,32,33). The van der Waals surface area contributed by atoms with Gasteiger partial charge in [0.05, 0.1) is 0 Å². The summed E-state index contributed by atoms with van der Waals surface area (Å²) in [4.78, 5) is 39.0. The Labute approximate surface area is 210 Å². The first-order valence-electron chi connectivity index (χ1n) is 11.9. The van der Waals surface area contributed by atoms with Crippen molar-refractivity contribution in [2.24, 2.45) is 0 Å². The van der Waals surface area contributed by atoms with Crippen molar-refractivity contribution >= 4 is 28.6 Å². The number of ether oxygens (including phenoxy) is 2. The molecule has 0 heterocycles. The van der Waals surface area contributed by atoms with E-state index < -0.39 is 18.6 Å². The van der Waals surface area contributed by atoms with Crippen LogP contribution in [0.25, 0.3) is 10.8 Å². The van der Waals surface area contributed by atoms with Crippen molar-refractivity contribution in [2.75, 3.05) is 26.9 Å². The van der Waals surface area contributed by atoms with Crippen molar-refractivity contribution in [3.05, 3.63) is 77.9 Å². The molecule has 1 atom stereocenters. The highest BCUT2D eigenvalue weighted by Gasteiger charge is 2.31. The first-order valence-corrected chi connectivity index (χ1v) is 11.9. The quantitative estimate of drug-likeness (QED) is 0.375. The molecule has 0 aliphatic heterocycles. The Morgan fingerprint density at radius 3 is 2.39 bits per heavy atom. The molecule has 3 rings (SSSR count). The Hall–Kier alpha value is -3.91. The number of carboxylic acid groups (broad SMARTS) is 1. The molecule has 2 N–H and O–H groups in total. The van der Waals surface area contributed by atoms with Crippen LogP contribution in [0.2, 0.25) is 0 Å². The molecule has 0 saturated heterocycles. The number of carbonyl (C=O) groups is 3. The van der Waals surface area contributed by atoms with Crippen molar-refractivity contribution in [3.63, 3.8) is 0 Å². The first-order chi connectivity index (χ1) is 17.4. The van der Waals surface area contributed by atoms with Crippen LogP contribution in [0.5, 0.6) is 5.75 Å². The Kier molecular flexibility index (Phi) is 9.82. The highest BCUT2D eigenvalue weighted by molar-refractivity contribution is 5.91. The zero-order valence-corrected chi connectivity index (χ0v) is 20.6. The zero-order chi connectivity index (χ0) is 25.9. The van der Waals surface area contributed by atoms with Crippen molar-refractivity contribution in [1.29, 1.82) is 0 Å². The molecule has 36 heavy (non-hydrogen) atoms. The summed E-state index contributed by atoms with van der Waals surface area (Å²) in [5.74, 6) is -1.15. The number of amides is 2. The summed E-state index contributed by atoms with van der Waals surface area (Å²) in [6, 6.07) is 19.5. The number of nitrogens with one attached hydrogen (secondary N) is 1. The lowest BCUT2D eigenvalue weighted by Crippen LogP contribution is -2.45. The zero-order valence-electron chi connectivity index (χ0n) is 20.6. The summed E-state index contributed by atoms with van der Waals surface area (Å²) in [6.07, 6.45) is 1.61. The van der Waals surface area contributed by atoms with Crippen LogP contribution in [0.15, 0.2) is 66.7 Å². The van der Waals surface area contributed by atoms with Crippen LogP contribution in [-0.4, -0.2) is 54.7 Å². The van der Waals surface area contributed by atoms with Crippen molar-refractivity contribution in [3.8, 4) is 5.75 Å². The Balaban J connectivity index is 1.95. The van der Waals surface area contributed by atoms with E-state index in [1.807, 2.05) is 61.5 Å². The predicted octanol–water partition coefficient (Wildman–Crippen LogP) is 3.94. The van der Waals surface area contributed by atoms with Crippen LogP contribution in [0.1, 0.15) is 36.9 Å². The Morgan fingerprint density at radius 2 is 1.69 bits per heavy atom. The van der Waals surface area contributed by atoms with Crippen LogP contribution in [0.4, 0.5) is 0 Å². The molecule has 190 valence electrons. The van der Waals surface area contributed by atoms with Crippen molar-refractivity contribution in [1.82, 2.24) is 10.2 Å². The third-order valence-corrected chi connectivity index (χ3v) is 5.72. The molecule has 3 aromatic rings. The molecule has 0 radical (unpaired) electrons. The minimum atomic E-state index is -1.05. The molecule has 0 spiro atoms. The van der Waals surface area contributed by atoms with E-state index >= 15 is 0 Å². The second kappa shape index (κ2) is 13.3. The van der Waals surface area contributed by atoms with E-state index in [9.17, 15) is 14.4 Å². The number of benzene rings is 3. The van der Waals surface area contributed by atoms with Crippen LogP contribution in [0.3, 0.4) is 0 Å². The molecule has 0 saturated carbocycles. The monoisotopic (exact) mass is 492 g/mol. The average molecular weight is 493 g/mol. The molecular weight excluding hydrogens is 460 g/mol. The third kappa shape index (κ3) is 7.29. The van der Waals surface area contributed by atoms with E-state index in [-0.39, 0.29) is 18.4 Å². The molecule has 1 unspecified atom stereocenters. The number of rotatable bonds is 13. The maximum Gasteiger partial charge on any atom is 0.341 e. The first kappa shape index (κ1) is 26.7. The molecular formula is C28H32N2O6. The fraction of sp³-hybridized carbons (Fsp3) is 0.321. The van der Waals surface area contributed by atoms with E-state index in [1.165, 1.54) is 7.11 Å². The maximum absolute atomic E-state index is 13.5. The van der Waals surface area contributed by atoms with Gasteiger partial charge >= 0.3 is 5.97 Å². The van der Waals surface area contributed by atoms with Gasteiger partial charge in [-0.15, -0.1) is 0 Å². The van der Waals surface area contributed by atoms with Gasteiger partial charge in [0, 0.05) is 20.2 Å². The Morgan fingerprint density at radius 1 is 0.972 bits per heavy atom. The minimum Gasteiger partial charge on any atom is -0.482 e. The van der Waals surface area contributed by atoms with E-state index in [0.29, 0.717) is 24.4 Å². The SMILES string of the molecule is CCCCN(C(=O)COC)C(C(=O)NCc1ccccc1)c1ccc2cc(OCC(=O)O)ccc2c1. The number of hydrogen-bond donors (Lipinski definition) is 2. The molecule has 0 fully saturated rings. The molecule has 0 aliphatic rings. The van der Waals surface area contributed by atoms with Gasteiger partial charge < -0.3 is 24.8 Å². The normalized spacial score (nSPS) is 11.6. The Bertz CT molecular complexity index is 1180. The van der Waals surface area contributed by atoms with Gasteiger partial charge in [-0.1, -0.05) is 61.9 Å². The van der Waals surface area contributed by atoms with Gasteiger partial charge in [0.15, 0.2) is 6.61 Å². The predicted molar refractivity (Wildman–Crippen MR) is 137 cm³/mol. The van der Waals surface area contributed by atoms with E-state index in [4.69, 9.17) is 14.6 Å². The molecule has 2 amide bonds. The van der Waals surface area contributed by atoms with Gasteiger partial charge in [-0.05, 0) is 46.5 Å². The number of carboxylic acids is 1. The maximum atomic E-state index is 13.5. The topological polar surface area (TPSA) is 105 Å². The van der Waals surface area contributed by atoms with Crippen LogP contribution >= 0.6 is 0 Å². The lowest BCUT2D eigenvalue weighted by atomic mass is 9.99. The fourth-order valence-electron chi connectivity index (χ4n) is 3.93. The number of carbonyl (C=O) groups excluding carboxylic acids is 2. The van der Waals surface area contributed by atoms with Gasteiger partial charge in [0.2, 0.25) is 11.8 Å². The lowest BCUT2D eigenvalue weighted by Gasteiger charge is -2.31. The molecule has 0 aliphatic carbocycles. The van der Waals surface area contributed by atoms with Crippen LogP contribution in [-0.2, 0) is 25.7 Å². The molecule has 0 aromatic heterocycles. The minimum absolute atomic E-state index is 0.121. The number of nitrogens with zero attached hydrogens (tertiary/aromatic N) is 1. The van der Waals surface area contributed by atoms with E-state index in [0.717, 1.165) is 29.2 Å².